The first-order valence-corrected chi connectivity index (χ1v) is 7.75. The van der Waals surface area contributed by atoms with Gasteiger partial charge in [0.1, 0.15) is 0 Å². The predicted molar refractivity (Wildman–Crippen MR) is 92.3 cm³/mol. The van der Waals surface area contributed by atoms with Gasteiger partial charge in [0.05, 0.1) is 24.1 Å². The summed E-state index contributed by atoms with van der Waals surface area (Å²) in [7, 11) is 2.80. The van der Waals surface area contributed by atoms with Crippen LogP contribution in [0.4, 0.5) is 11.4 Å². The van der Waals surface area contributed by atoms with E-state index < -0.39 is 28.6 Å². The van der Waals surface area contributed by atoms with Crippen molar-refractivity contribution in [1.82, 2.24) is 0 Å². The lowest BCUT2D eigenvalue weighted by atomic mass is 9.88. The van der Waals surface area contributed by atoms with Crippen LogP contribution in [0.5, 0.6) is 5.75 Å². The smallest absolute Gasteiger partial charge is 0.311 e. The third kappa shape index (κ3) is 2.60. The molecule has 1 aliphatic heterocycles. The number of anilines is 1. The van der Waals surface area contributed by atoms with Crippen molar-refractivity contribution < 1.29 is 24.4 Å². The second-order valence-corrected chi connectivity index (χ2v) is 5.99. The number of nitro groups is 1. The first kappa shape index (κ1) is 17.6. The Morgan fingerprint density at radius 2 is 2.00 bits per heavy atom. The van der Waals surface area contributed by atoms with E-state index in [0.717, 1.165) is 6.07 Å². The molecule has 2 aromatic carbocycles. The van der Waals surface area contributed by atoms with Crippen LogP contribution in [0, 0.1) is 10.1 Å². The fourth-order valence-electron chi connectivity index (χ4n) is 3.13. The number of carbonyl (C=O) groups is 2. The second kappa shape index (κ2) is 6.23. The molecule has 0 spiro atoms. The minimum atomic E-state index is -2.00. The van der Waals surface area contributed by atoms with E-state index in [2.05, 4.69) is 0 Å². The largest absolute Gasteiger partial charge is 0.490 e. The lowest BCUT2D eigenvalue weighted by Gasteiger charge is -2.21. The van der Waals surface area contributed by atoms with E-state index in [-0.39, 0.29) is 17.0 Å². The highest BCUT2D eigenvalue weighted by molar-refractivity contribution is 6.10. The molecule has 0 bridgehead atoms. The number of para-hydroxylation sites is 1. The number of ketones is 1. The quantitative estimate of drug-likeness (QED) is 0.499. The number of methoxy groups -OCH3 is 1. The molecule has 1 unspecified atom stereocenters. The number of benzene rings is 2. The molecular weight excluding hydrogens is 340 g/mol. The van der Waals surface area contributed by atoms with Gasteiger partial charge in [-0.15, -0.1) is 0 Å². The van der Waals surface area contributed by atoms with Crippen LogP contribution in [-0.4, -0.2) is 35.9 Å². The summed E-state index contributed by atoms with van der Waals surface area (Å²) in [5.41, 5.74) is -1.49. The molecule has 0 saturated carbocycles. The maximum absolute atomic E-state index is 12.6. The van der Waals surface area contributed by atoms with E-state index >= 15 is 0 Å². The summed E-state index contributed by atoms with van der Waals surface area (Å²) in [5.74, 6) is -1.18. The van der Waals surface area contributed by atoms with Crippen LogP contribution in [-0.2, 0) is 10.4 Å². The number of nitrogens with zero attached hydrogens (tertiary/aromatic N) is 2. The zero-order valence-corrected chi connectivity index (χ0v) is 14.1. The number of carbonyl (C=O) groups excluding carboxylic acids is 2. The molecule has 26 heavy (non-hydrogen) atoms. The molecule has 0 aromatic heterocycles. The van der Waals surface area contributed by atoms with Gasteiger partial charge in [-0.1, -0.05) is 18.2 Å². The molecule has 0 fully saturated rings. The van der Waals surface area contributed by atoms with Crippen molar-refractivity contribution in [3.63, 3.8) is 0 Å². The Hall–Kier alpha value is -3.26. The number of ether oxygens (including phenoxy) is 1. The van der Waals surface area contributed by atoms with Gasteiger partial charge in [-0.3, -0.25) is 19.7 Å². The number of hydrogen-bond acceptors (Lipinski definition) is 6. The van der Waals surface area contributed by atoms with Crippen LogP contribution in [0.15, 0.2) is 42.5 Å². The van der Waals surface area contributed by atoms with E-state index in [1.165, 1.54) is 31.2 Å². The summed E-state index contributed by atoms with van der Waals surface area (Å²) in [6.45, 7) is 0. The molecule has 8 nitrogen and oxygen atoms in total. The van der Waals surface area contributed by atoms with Gasteiger partial charge in [-0.05, 0) is 18.2 Å². The number of amides is 1. The summed E-state index contributed by atoms with van der Waals surface area (Å²) in [5, 5.41) is 22.0. The minimum absolute atomic E-state index is 0.0192. The van der Waals surface area contributed by atoms with E-state index in [9.17, 15) is 24.8 Å². The van der Waals surface area contributed by atoms with Gasteiger partial charge in [0.25, 0.3) is 5.91 Å². The molecule has 1 heterocycles. The van der Waals surface area contributed by atoms with Gasteiger partial charge in [-0.2, -0.15) is 0 Å². The van der Waals surface area contributed by atoms with Gasteiger partial charge in [0, 0.05) is 24.2 Å². The topological polar surface area (TPSA) is 110 Å². The van der Waals surface area contributed by atoms with Gasteiger partial charge in [-0.25, -0.2) is 0 Å². The fourth-order valence-corrected chi connectivity index (χ4v) is 3.13. The first-order valence-electron chi connectivity index (χ1n) is 7.75. The van der Waals surface area contributed by atoms with E-state index in [4.69, 9.17) is 4.74 Å². The lowest BCUT2D eigenvalue weighted by Crippen LogP contribution is -2.40. The monoisotopic (exact) mass is 356 g/mol. The van der Waals surface area contributed by atoms with Gasteiger partial charge in [0.2, 0.25) is 0 Å². The highest BCUT2D eigenvalue weighted by Crippen LogP contribution is 2.42. The molecule has 0 aliphatic carbocycles. The van der Waals surface area contributed by atoms with E-state index in [1.54, 1.807) is 24.3 Å². The van der Waals surface area contributed by atoms with Crippen molar-refractivity contribution in [2.75, 3.05) is 19.1 Å². The average molecular weight is 356 g/mol. The molecule has 8 heteroatoms. The molecule has 134 valence electrons. The summed E-state index contributed by atoms with van der Waals surface area (Å²) < 4.78 is 4.91. The van der Waals surface area contributed by atoms with Gasteiger partial charge < -0.3 is 14.7 Å². The normalized spacial score (nSPS) is 18.6. The van der Waals surface area contributed by atoms with E-state index in [0.29, 0.717) is 11.3 Å². The second-order valence-electron chi connectivity index (χ2n) is 5.99. The Bertz CT molecular complexity index is 926. The SMILES string of the molecule is COc1ccc(C(=O)CC2(O)C(=O)N(C)c3ccccc32)cc1[N+](=O)[O-]. The predicted octanol–water partition coefficient (Wildman–Crippen LogP) is 2.04. The Morgan fingerprint density at radius 1 is 1.31 bits per heavy atom. The van der Waals surface area contributed by atoms with Crippen molar-refractivity contribution >= 4 is 23.1 Å². The number of hydrogen-bond donors (Lipinski definition) is 1. The Morgan fingerprint density at radius 3 is 2.65 bits per heavy atom. The van der Waals surface area contributed by atoms with Crippen LogP contribution < -0.4 is 9.64 Å². The van der Waals surface area contributed by atoms with E-state index in [1.807, 2.05) is 0 Å². The number of Topliss-reactive ketones (excluding diaryl/α,β-unsaturated/α-hetero) is 1. The van der Waals surface area contributed by atoms with Crippen LogP contribution in [0.25, 0.3) is 0 Å². The zero-order chi connectivity index (χ0) is 19.1. The summed E-state index contributed by atoms with van der Waals surface area (Å²) in [4.78, 5) is 36.9. The van der Waals surface area contributed by atoms with Gasteiger partial charge >= 0.3 is 5.69 Å². The van der Waals surface area contributed by atoms with Crippen LogP contribution in [0.2, 0.25) is 0 Å². The molecule has 0 saturated heterocycles. The summed E-state index contributed by atoms with van der Waals surface area (Å²) in [6, 6.07) is 10.4. The Balaban J connectivity index is 1.97. The third-order valence-corrected chi connectivity index (χ3v) is 4.48. The maximum atomic E-state index is 12.6. The lowest BCUT2D eigenvalue weighted by molar-refractivity contribution is -0.385. The van der Waals surface area contributed by atoms with Crippen LogP contribution in [0.1, 0.15) is 22.3 Å². The summed E-state index contributed by atoms with van der Waals surface area (Å²) >= 11 is 0. The zero-order valence-electron chi connectivity index (χ0n) is 14.1. The number of rotatable bonds is 5. The molecule has 1 N–H and O–H groups in total. The Labute approximate surface area is 148 Å². The average Bonchev–Trinajstić information content (AvgIpc) is 2.83. The minimum Gasteiger partial charge on any atom is -0.490 e. The first-order chi connectivity index (χ1) is 12.3. The Kier molecular flexibility index (Phi) is 4.21. The van der Waals surface area contributed by atoms with Crippen molar-refractivity contribution in [2.45, 2.75) is 12.0 Å². The number of nitro benzene ring substituents is 1. The van der Waals surface area contributed by atoms with Crippen molar-refractivity contribution in [2.24, 2.45) is 0 Å². The molecular formula is C18H16N2O6. The third-order valence-electron chi connectivity index (χ3n) is 4.48. The van der Waals surface area contributed by atoms with Crippen molar-refractivity contribution in [1.29, 1.82) is 0 Å². The highest BCUT2D eigenvalue weighted by Gasteiger charge is 2.49. The van der Waals surface area contributed by atoms with Crippen molar-refractivity contribution in [3.8, 4) is 5.75 Å². The van der Waals surface area contributed by atoms with Crippen LogP contribution in [0.3, 0.4) is 0 Å². The van der Waals surface area contributed by atoms with Crippen LogP contribution >= 0.6 is 0 Å². The van der Waals surface area contributed by atoms with Gasteiger partial charge in [0.15, 0.2) is 17.1 Å². The molecule has 1 aliphatic rings. The number of fused-ring (bicyclic) bond motifs is 1. The van der Waals surface area contributed by atoms with Crippen molar-refractivity contribution in [3.05, 3.63) is 63.7 Å². The molecule has 1 atom stereocenters. The molecule has 3 rings (SSSR count). The fraction of sp³-hybridized carbons (Fsp3) is 0.222. The summed E-state index contributed by atoms with van der Waals surface area (Å²) in [6.07, 6.45) is -0.517. The molecule has 0 radical (unpaired) electrons. The molecule has 1 amide bonds. The highest BCUT2D eigenvalue weighted by atomic mass is 16.6. The molecule has 2 aromatic rings. The standard InChI is InChI=1S/C18H16N2O6/c1-19-13-6-4-3-5-12(13)18(23,17(19)22)10-15(21)11-7-8-16(26-2)14(9-11)20(24)25/h3-9,23H,10H2,1-2H3. The number of likely N-dealkylation sites (N-methyl/N-ethyl adjacent to an activating group) is 1. The maximum Gasteiger partial charge on any atom is 0.311 e. The number of aliphatic hydroxyl groups is 1.